The summed E-state index contributed by atoms with van der Waals surface area (Å²) >= 11 is 0. The zero-order valence-corrected chi connectivity index (χ0v) is 8.74. The summed E-state index contributed by atoms with van der Waals surface area (Å²) in [4.78, 5) is 11.7. The minimum atomic E-state index is -0.179. The topological polar surface area (TPSA) is 45.8 Å². The van der Waals surface area contributed by atoms with Crippen LogP contribution < -0.4 is 5.56 Å². The second-order valence-corrected chi connectivity index (χ2v) is 3.49. The van der Waals surface area contributed by atoms with Crippen LogP contribution in [0.1, 0.15) is 37.9 Å². The van der Waals surface area contributed by atoms with E-state index in [4.69, 9.17) is 5.26 Å². The lowest BCUT2D eigenvalue weighted by Gasteiger charge is -2.13. The zero-order valence-electron chi connectivity index (χ0n) is 8.74. The number of hydrogen-bond donors (Lipinski definition) is 0. The van der Waals surface area contributed by atoms with Crippen molar-refractivity contribution in [1.82, 2.24) is 4.57 Å². The van der Waals surface area contributed by atoms with E-state index in [1.54, 1.807) is 10.6 Å². The van der Waals surface area contributed by atoms with Crippen LogP contribution in [0.15, 0.2) is 16.9 Å². The van der Waals surface area contributed by atoms with E-state index in [1.807, 2.05) is 32.9 Å². The molecule has 0 aliphatic heterocycles. The third kappa shape index (κ3) is 1.69. The number of pyridine rings is 1. The first-order valence-corrected chi connectivity index (χ1v) is 4.75. The van der Waals surface area contributed by atoms with Crippen LogP contribution in [0.4, 0.5) is 0 Å². The highest BCUT2D eigenvalue weighted by atomic mass is 16.1. The van der Waals surface area contributed by atoms with Crippen LogP contribution in [0.5, 0.6) is 0 Å². The average Bonchev–Trinajstić information content (AvgIpc) is 2.17. The van der Waals surface area contributed by atoms with E-state index >= 15 is 0 Å². The normalized spacial score (nSPS) is 10.2. The van der Waals surface area contributed by atoms with Gasteiger partial charge in [0.15, 0.2) is 0 Å². The standard InChI is InChI=1S/C11H14N2O/c1-4-13-10(8(2)3)6-5-9(7-12)11(13)14/h5-6,8H,4H2,1-3H3. The van der Waals surface area contributed by atoms with Crippen LogP contribution in [0, 0.1) is 11.3 Å². The Kier molecular flexibility index (Phi) is 3.08. The van der Waals surface area contributed by atoms with Gasteiger partial charge < -0.3 is 4.57 Å². The van der Waals surface area contributed by atoms with Gasteiger partial charge in [0.2, 0.25) is 0 Å². The molecule has 0 saturated heterocycles. The minimum absolute atomic E-state index is 0.179. The van der Waals surface area contributed by atoms with E-state index in [0.29, 0.717) is 12.5 Å². The van der Waals surface area contributed by atoms with Crippen LogP contribution in [-0.2, 0) is 6.54 Å². The van der Waals surface area contributed by atoms with E-state index in [9.17, 15) is 4.79 Å². The van der Waals surface area contributed by atoms with Crippen LogP contribution in [0.25, 0.3) is 0 Å². The molecule has 0 spiro atoms. The molecule has 0 atom stereocenters. The Morgan fingerprint density at radius 1 is 1.50 bits per heavy atom. The Labute approximate surface area is 83.6 Å². The van der Waals surface area contributed by atoms with Crippen molar-refractivity contribution in [3.8, 4) is 6.07 Å². The fourth-order valence-corrected chi connectivity index (χ4v) is 1.51. The van der Waals surface area contributed by atoms with Gasteiger partial charge in [-0.25, -0.2) is 0 Å². The maximum Gasteiger partial charge on any atom is 0.268 e. The zero-order chi connectivity index (χ0) is 10.7. The van der Waals surface area contributed by atoms with Crippen LogP contribution in [0.3, 0.4) is 0 Å². The smallest absolute Gasteiger partial charge is 0.268 e. The van der Waals surface area contributed by atoms with Gasteiger partial charge in [-0.3, -0.25) is 4.79 Å². The SMILES string of the molecule is CCn1c(C(C)C)ccc(C#N)c1=O. The first kappa shape index (κ1) is 10.5. The first-order valence-electron chi connectivity index (χ1n) is 4.75. The van der Waals surface area contributed by atoms with Gasteiger partial charge in [0.25, 0.3) is 5.56 Å². The molecular weight excluding hydrogens is 176 g/mol. The van der Waals surface area contributed by atoms with Gasteiger partial charge in [-0.05, 0) is 25.0 Å². The van der Waals surface area contributed by atoms with Crippen molar-refractivity contribution >= 4 is 0 Å². The van der Waals surface area contributed by atoms with E-state index in [2.05, 4.69) is 0 Å². The summed E-state index contributed by atoms with van der Waals surface area (Å²) in [6.45, 7) is 6.59. The summed E-state index contributed by atoms with van der Waals surface area (Å²) in [5.41, 5.74) is 1.02. The molecule has 0 aromatic carbocycles. The maximum absolute atomic E-state index is 11.7. The largest absolute Gasteiger partial charge is 0.312 e. The highest BCUT2D eigenvalue weighted by Gasteiger charge is 2.09. The van der Waals surface area contributed by atoms with Gasteiger partial charge in [0.1, 0.15) is 11.6 Å². The van der Waals surface area contributed by atoms with Crippen molar-refractivity contribution in [2.24, 2.45) is 0 Å². The van der Waals surface area contributed by atoms with Crippen LogP contribution >= 0.6 is 0 Å². The fourth-order valence-electron chi connectivity index (χ4n) is 1.51. The number of nitrogens with zero attached hydrogens (tertiary/aromatic N) is 2. The average molecular weight is 190 g/mol. The molecule has 0 aliphatic carbocycles. The Hall–Kier alpha value is -1.56. The molecule has 1 aromatic heterocycles. The summed E-state index contributed by atoms with van der Waals surface area (Å²) < 4.78 is 1.66. The van der Waals surface area contributed by atoms with Gasteiger partial charge >= 0.3 is 0 Å². The molecule has 0 saturated carbocycles. The number of aromatic nitrogens is 1. The first-order chi connectivity index (χ1) is 6.61. The Morgan fingerprint density at radius 2 is 2.14 bits per heavy atom. The second-order valence-electron chi connectivity index (χ2n) is 3.49. The van der Waals surface area contributed by atoms with E-state index < -0.39 is 0 Å². The van der Waals surface area contributed by atoms with Crippen molar-refractivity contribution in [2.75, 3.05) is 0 Å². The van der Waals surface area contributed by atoms with Gasteiger partial charge in [-0.2, -0.15) is 5.26 Å². The van der Waals surface area contributed by atoms with Gasteiger partial charge in [0.05, 0.1) is 0 Å². The molecule has 0 N–H and O–H groups in total. The predicted molar refractivity (Wildman–Crippen MR) is 55.2 cm³/mol. The molecule has 1 rings (SSSR count). The number of nitriles is 1. The number of hydrogen-bond acceptors (Lipinski definition) is 2. The molecule has 0 amide bonds. The highest BCUT2D eigenvalue weighted by molar-refractivity contribution is 5.28. The summed E-state index contributed by atoms with van der Waals surface area (Å²) in [5, 5.41) is 8.70. The van der Waals surface area contributed by atoms with E-state index in [-0.39, 0.29) is 11.1 Å². The highest BCUT2D eigenvalue weighted by Crippen LogP contribution is 2.12. The van der Waals surface area contributed by atoms with Crippen molar-refractivity contribution < 1.29 is 0 Å². The fraction of sp³-hybridized carbons (Fsp3) is 0.455. The Morgan fingerprint density at radius 3 is 2.57 bits per heavy atom. The molecule has 0 aliphatic rings. The molecule has 74 valence electrons. The summed E-state index contributed by atoms with van der Waals surface area (Å²) in [6, 6.07) is 5.36. The molecule has 14 heavy (non-hydrogen) atoms. The molecule has 0 radical (unpaired) electrons. The molecule has 3 nitrogen and oxygen atoms in total. The van der Waals surface area contributed by atoms with E-state index in [1.165, 1.54) is 0 Å². The van der Waals surface area contributed by atoms with Gasteiger partial charge in [0, 0.05) is 12.2 Å². The molecular formula is C11H14N2O. The Balaban J connectivity index is 3.46. The molecule has 1 heterocycles. The maximum atomic E-state index is 11.7. The number of rotatable bonds is 2. The Bertz CT molecular complexity index is 424. The molecule has 1 aromatic rings. The molecule has 0 unspecified atom stereocenters. The summed E-state index contributed by atoms with van der Waals surface area (Å²) in [5.74, 6) is 0.301. The van der Waals surface area contributed by atoms with Crippen molar-refractivity contribution in [3.63, 3.8) is 0 Å². The minimum Gasteiger partial charge on any atom is -0.312 e. The van der Waals surface area contributed by atoms with Crippen molar-refractivity contribution in [1.29, 1.82) is 5.26 Å². The lowest BCUT2D eigenvalue weighted by molar-refractivity contribution is 0.638. The van der Waals surface area contributed by atoms with Gasteiger partial charge in [-0.1, -0.05) is 13.8 Å². The second kappa shape index (κ2) is 4.10. The van der Waals surface area contributed by atoms with Gasteiger partial charge in [-0.15, -0.1) is 0 Å². The molecule has 0 fully saturated rings. The lowest BCUT2D eigenvalue weighted by Crippen LogP contribution is -2.25. The van der Waals surface area contributed by atoms with Crippen LogP contribution in [0.2, 0.25) is 0 Å². The molecule has 3 heteroatoms. The van der Waals surface area contributed by atoms with Crippen molar-refractivity contribution in [2.45, 2.75) is 33.2 Å². The third-order valence-corrected chi connectivity index (χ3v) is 2.24. The summed E-state index contributed by atoms with van der Waals surface area (Å²) in [6.07, 6.45) is 0. The van der Waals surface area contributed by atoms with Crippen LogP contribution in [-0.4, -0.2) is 4.57 Å². The quantitative estimate of drug-likeness (QED) is 0.714. The molecule has 0 bridgehead atoms. The van der Waals surface area contributed by atoms with Crippen molar-refractivity contribution in [3.05, 3.63) is 33.7 Å². The lowest BCUT2D eigenvalue weighted by atomic mass is 10.1. The summed E-state index contributed by atoms with van der Waals surface area (Å²) in [7, 11) is 0. The van der Waals surface area contributed by atoms with E-state index in [0.717, 1.165) is 5.69 Å². The monoisotopic (exact) mass is 190 g/mol. The third-order valence-electron chi connectivity index (χ3n) is 2.24. The predicted octanol–water partition coefficient (Wildman–Crippen LogP) is 1.86.